The molecule has 1 N–H and O–H groups in total. The molecule has 0 radical (unpaired) electrons. The van der Waals surface area contributed by atoms with Crippen LogP contribution in [-0.4, -0.2) is 28.4 Å². The fourth-order valence-electron chi connectivity index (χ4n) is 2.84. The smallest absolute Gasteiger partial charge is 0.131 e. The summed E-state index contributed by atoms with van der Waals surface area (Å²) >= 11 is 0. The maximum atomic E-state index is 11.4. The van der Waals surface area contributed by atoms with E-state index in [1.54, 1.807) is 19.1 Å². The van der Waals surface area contributed by atoms with Crippen LogP contribution in [0.25, 0.3) is 0 Å². The summed E-state index contributed by atoms with van der Waals surface area (Å²) in [6, 6.07) is 7.77. The van der Waals surface area contributed by atoms with Gasteiger partial charge in [-0.2, -0.15) is 0 Å². The van der Waals surface area contributed by atoms with E-state index in [1.807, 2.05) is 12.1 Å². The molecule has 1 aromatic rings. The van der Waals surface area contributed by atoms with E-state index in [2.05, 4.69) is 4.90 Å². The fraction of sp³-hybridized carbons (Fsp3) is 0.562. The first-order valence-corrected chi connectivity index (χ1v) is 7.16. The molecule has 1 saturated heterocycles. The van der Waals surface area contributed by atoms with Crippen molar-refractivity contribution in [3.63, 3.8) is 0 Å². The lowest BCUT2D eigenvalue weighted by molar-refractivity contribution is -0.118. The first-order chi connectivity index (χ1) is 9.15. The van der Waals surface area contributed by atoms with Gasteiger partial charge in [0.2, 0.25) is 0 Å². The number of nitrogens with zero attached hydrogens (tertiary/aromatic N) is 1. The Morgan fingerprint density at radius 2 is 2.00 bits per heavy atom. The highest BCUT2D eigenvalue weighted by atomic mass is 16.3. The summed E-state index contributed by atoms with van der Waals surface area (Å²) in [6.07, 6.45) is 5.49. The Morgan fingerprint density at radius 1 is 1.26 bits per heavy atom. The van der Waals surface area contributed by atoms with Gasteiger partial charge in [0.15, 0.2) is 0 Å². The standard InChI is InChI=1S/C16H23NO2/c1-13(18)11-15-5-3-2-4-10-17(15)12-14-6-8-16(19)9-7-14/h6-9,15,19H,2-5,10-12H2,1H3. The average molecular weight is 261 g/mol. The maximum Gasteiger partial charge on any atom is 0.131 e. The zero-order valence-corrected chi connectivity index (χ0v) is 11.6. The Bertz CT molecular complexity index is 413. The molecule has 2 rings (SSSR count). The molecule has 0 saturated carbocycles. The Balaban J connectivity index is 2.04. The molecule has 0 bridgehead atoms. The lowest BCUT2D eigenvalue weighted by Gasteiger charge is -2.29. The van der Waals surface area contributed by atoms with Gasteiger partial charge in [-0.05, 0) is 44.0 Å². The molecule has 1 unspecified atom stereocenters. The number of aromatic hydroxyl groups is 1. The summed E-state index contributed by atoms with van der Waals surface area (Å²) in [6.45, 7) is 3.63. The minimum Gasteiger partial charge on any atom is -0.508 e. The third kappa shape index (κ3) is 4.35. The normalized spacial score (nSPS) is 21.0. The molecule has 3 nitrogen and oxygen atoms in total. The maximum absolute atomic E-state index is 11.4. The van der Waals surface area contributed by atoms with Crippen LogP contribution < -0.4 is 0 Å². The SMILES string of the molecule is CC(=O)CC1CCCCCN1Cc1ccc(O)cc1. The number of phenolic OH excluding ortho intramolecular Hbond substituents is 1. The number of hydrogen-bond donors (Lipinski definition) is 1. The van der Waals surface area contributed by atoms with Crippen LogP contribution in [0.3, 0.4) is 0 Å². The summed E-state index contributed by atoms with van der Waals surface area (Å²) in [4.78, 5) is 13.8. The van der Waals surface area contributed by atoms with Crippen LogP contribution in [0, 0.1) is 0 Å². The van der Waals surface area contributed by atoms with Crippen molar-refractivity contribution in [3.8, 4) is 5.75 Å². The van der Waals surface area contributed by atoms with Crippen molar-refractivity contribution >= 4 is 5.78 Å². The lowest BCUT2D eigenvalue weighted by atomic mass is 10.0. The second kappa shape index (κ2) is 6.71. The molecular formula is C16H23NO2. The van der Waals surface area contributed by atoms with E-state index < -0.39 is 0 Å². The summed E-state index contributed by atoms with van der Waals surface area (Å²) in [5, 5.41) is 9.32. The van der Waals surface area contributed by atoms with Crippen LogP contribution in [0.5, 0.6) is 5.75 Å². The summed E-state index contributed by atoms with van der Waals surface area (Å²) in [5.74, 6) is 0.586. The summed E-state index contributed by atoms with van der Waals surface area (Å²) in [7, 11) is 0. The Hall–Kier alpha value is -1.35. The molecule has 1 atom stereocenters. The van der Waals surface area contributed by atoms with Crippen molar-refractivity contribution in [2.75, 3.05) is 6.54 Å². The van der Waals surface area contributed by atoms with Gasteiger partial charge >= 0.3 is 0 Å². The van der Waals surface area contributed by atoms with Crippen LogP contribution in [-0.2, 0) is 11.3 Å². The minimum atomic E-state index is 0.280. The van der Waals surface area contributed by atoms with Gasteiger partial charge in [0.05, 0.1) is 0 Å². The van der Waals surface area contributed by atoms with Gasteiger partial charge in [-0.3, -0.25) is 9.69 Å². The van der Waals surface area contributed by atoms with Crippen molar-refractivity contribution in [2.45, 2.75) is 51.6 Å². The van der Waals surface area contributed by atoms with E-state index in [0.29, 0.717) is 18.2 Å². The highest BCUT2D eigenvalue weighted by Crippen LogP contribution is 2.22. The number of hydrogen-bond acceptors (Lipinski definition) is 3. The topological polar surface area (TPSA) is 40.5 Å². The van der Waals surface area contributed by atoms with Gasteiger partial charge in [0.25, 0.3) is 0 Å². The van der Waals surface area contributed by atoms with E-state index in [1.165, 1.54) is 24.8 Å². The van der Waals surface area contributed by atoms with Gasteiger partial charge in [-0.1, -0.05) is 25.0 Å². The molecule has 1 fully saturated rings. The van der Waals surface area contributed by atoms with Crippen molar-refractivity contribution in [1.82, 2.24) is 4.90 Å². The number of carbonyl (C=O) groups is 1. The first-order valence-electron chi connectivity index (χ1n) is 7.16. The third-order valence-corrected chi connectivity index (χ3v) is 3.84. The predicted octanol–water partition coefficient (Wildman–Crippen LogP) is 3.12. The number of rotatable bonds is 4. The Labute approximate surface area is 115 Å². The van der Waals surface area contributed by atoms with Crippen molar-refractivity contribution < 1.29 is 9.90 Å². The Kier molecular flexibility index (Phi) is 4.97. The molecule has 0 spiro atoms. The number of phenols is 1. The molecule has 1 aliphatic rings. The van der Waals surface area contributed by atoms with E-state index in [-0.39, 0.29) is 5.78 Å². The molecule has 0 amide bonds. The predicted molar refractivity (Wildman–Crippen MR) is 76.1 cm³/mol. The molecule has 3 heteroatoms. The zero-order valence-electron chi connectivity index (χ0n) is 11.6. The Morgan fingerprint density at radius 3 is 2.68 bits per heavy atom. The first kappa shape index (κ1) is 14.1. The van der Waals surface area contributed by atoms with Crippen molar-refractivity contribution in [1.29, 1.82) is 0 Å². The summed E-state index contributed by atoms with van der Waals surface area (Å²) < 4.78 is 0. The number of likely N-dealkylation sites (tertiary alicyclic amines) is 1. The second-order valence-corrected chi connectivity index (χ2v) is 5.55. The fourth-order valence-corrected chi connectivity index (χ4v) is 2.84. The van der Waals surface area contributed by atoms with Crippen LogP contribution >= 0.6 is 0 Å². The summed E-state index contributed by atoms with van der Waals surface area (Å²) in [5.41, 5.74) is 1.20. The van der Waals surface area contributed by atoms with Crippen molar-refractivity contribution in [3.05, 3.63) is 29.8 Å². The highest BCUT2D eigenvalue weighted by molar-refractivity contribution is 5.76. The molecule has 1 aliphatic heterocycles. The number of Topliss-reactive ketones (excluding diaryl/α,β-unsaturated/α-hetero) is 1. The molecule has 19 heavy (non-hydrogen) atoms. The lowest BCUT2D eigenvalue weighted by Crippen LogP contribution is -2.35. The quantitative estimate of drug-likeness (QED) is 0.905. The van der Waals surface area contributed by atoms with E-state index in [0.717, 1.165) is 19.5 Å². The van der Waals surface area contributed by atoms with E-state index >= 15 is 0 Å². The molecular weight excluding hydrogens is 238 g/mol. The number of benzene rings is 1. The third-order valence-electron chi connectivity index (χ3n) is 3.84. The van der Waals surface area contributed by atoms with E-state index in [9.17, 15) is 9.90 Å². The minimum absolute atomic E-state index is 0.280. The van der Waals surface area contributed by atoms with Crippen LogP contribution in [0.2, 0.25) is 0 Å². The van der Waals surface area contributed by atoms with Gasteiger partial charge in [0, 0.05) is 19.0 Å². The van der Waals surface area contributed by atoms with Gasteiger partial charge < -0.3 is 5.11 Å². The number of ketones is 1. The van der Waals surface area contributed by atoms with Crippen LogP contribution in [0.1, 0.15) is 44.6 Å². The van der Waals surface area contributed by atoms with Crippen LogP contribution in [0.4, 0.5) is 0 Å². The largest absolute Gasteiger partial charge is 0.508 e. The monoisotopic (exact) mass is 261 g/mol. The average Bonchev–Trinajstić information content (AvgIpc) is 2.58. The van der Waals surface area contributed by atoms with E-state index in [4.69, 9.17) is 0 Å². The van der Waals surface area contributed by atoms with Crippen LogP contribution in [0.15, 0.2) is 24.3 Å². The van der Waals surface area contributed by atoms with Crippen molar-refractivity contribution in [2.24, 2.45) is 0 Å². The molecule has 0 aromatic heterocycles. The molecule has 1 aromatic carbocycles. The van der Waals surface area contributed by atoms with Gasteiger partial charge in [0.1, 0.15) is 11.5 Å². The number of carbonyl (C=O) groups excluding carboxylic acids is 1. The van der Waals surface area contributed by atoms with Gasteiger partial charge in [-0.15, -0.1) is 0 Å². The molecule has 104 valence electrons. The molecule has 1 heterocycles. The second-order valence-electron chi connectivity index (χ2n) is 5.55. The zero-order chi connectivity index (χ0) is 13.7. The van der Waals surface area contributed by atoms with Gasteiger partial charge in [-0.25, -0.2) is 0 Å². The molecule has 0 aliphatic carbocycles. The highest BCUT2D eigenvalue weighted by Gasteiger charge is 2.22.